The highest BCUT2D eigenvalue weighted by atomic mass is 16.6. The van der Waals surface area contributed by atoms with Gasteiger partial charge >= 0.3 is 0 Å². The van der Waals surface area contributed by atoms with Gasteiger partial charge in [0.15, 0.2) is 0 Å². The van der Waals surface area contributed by atoms with E-state index in [1.54, 1.807) is 0 Å². The van der Waals surface area contributed by atoms with E-state index in [2.05, 4.69) is 30.3 Å². The SMILES string of the molecule is OCC1OC1c1cccc(C2CCCC2)c1OCc1ccccc1. The number of hydrogen-bond donors (Lipinski definition) is 1. The quantitative estimate of drug-likeness (QED) is 0.803. The molecule has 0 spiro atoms. The molecule has 3 nitrogen and oxygen atoms in total. The molecule has 126 valence electrons. The van der Waals surface area contributed by atoms with Crippen LogP contribution in [0.15, 0.2) is 48.5 Å². The largest absolute Gasteiger partial charge is 0.488 e. The normalized spacial score (nSPS) is 23.4. The van der Waals surface area contributed by atoms with Crippen molar-refractivity contribution < 1.29 is 14.6 Å². The third kappa shape index (κ3) is 3.19. The molecule has 1 heterocycles. The van der Waals surface area contributed by atoms with Crippen molar-refractivity contribution in [3.05, 3.63) is 65.2 Å². The lowest BCUT2D eigenvalue weighted by molar-refractivity contribution is 0.241. The van der Waals surface area contributed by atoms with Gasteiger partial charge in [0.1, 0.15) is 24.6 Å². The average molecular weight is 324 g/mol. The molecule has 24 heavy (non-hydrogen) atoms. The minimum Gasteiger partial charge on any atom is -0.488 e. The van der Waals surface area contributed by atoms with Crippen LogP contribution in [0.5, 0.6) is 5.75 Å². The Morgan fingerprint density at radius 1 is 0.958 bits per heavy atom. The van der Waals surface area contributed by atoms with Crippen molar-refractivity contribution in [2.75, 3.05) is 6.61 Å². The summed E-state index contributed by atoms with van der Waals surface area (Å²) in [6.45, 7) is 0.629. The van der Waals surface area contributed by atoms with Crippen molar-refractivity contribution >= 4 is 0 Å². The van der Waals surface area contributed by atoms with Gasteiger partial charge in [-0.05, 0) is 29.9 Å². The van der Waals surface area contributed by atoms with Crippen LogP contribution in [0.2, 0.25) is 0 Å². The minimum absolute atomic E-state index is 0.0258. The van der Waals surface area contributed by atoms with E-state index in [1.807, 2.05) is 18.2 Å². The molecule has 1 aliphatic carbocycles. The van der Waals surface area contributed by atoms with Gasteiger partial charge in [0.25, 0.3) is 0 Å². The molecule has 1 N–H and O–H groups in total. The Kier molecular flexibility index (Phi) is 4.54. The van der Waals surface area contributed by atoms with E-state index in [4.69, 9.17) is 9.47 Å². The Labute approximate surface area is 143 Å². The highest BCUT2D eigenvalue weighted by Crippen LogP contribution is 2.47. The number of para-hydroxylation sites is 1. The van der Waals surface area contributed by atoms with Crippen LogP contribution >= 0.6 is 0 Å². The Morgan fingerprint density at radius 3 is 2.42 bits per heavy atom. The predicted molar refractivity (Wildman–Crippen MR) is 93.1 cm³/mol. The third-order valence-corrected chi connectivity index (χ3v) is 5.17. The Morgan fingerprint density at radius 2 is 1.71 bits per heavy atom. The molecular formula is C21H24O3. The molecule has 2 atom stereocenters. The fraction of sp³-hybridized carbons (Fsp3) is 0.429. The first-order valence-corrected chi connectivity index (χ1v) is 8.92. The molecule has 0 amide bonds. The van der Waals surface area contributed by atoms with Crippen LogP contribution in [0.1, 0.15) is 54.4 Å². The number of rotatable bonds is 6. The standard InChI is InChI=1S/C21H24O3/c22-13-19-21(24-19)18-12-6-11-17(16-9-4-5-10-16)20(18)23-14-15-7-2-1-3-8-15/h1-3,6-8,11-12,16,19,21-22H,4-5,9-10,13-14H2. The first-order valence-electron chi connectivity index (χ1n) is 8.92. The number of ether oxygens (including phenoxy) is 2. The smallest absolute Gasteiger partial charge is 0.129 e. The summed E-state index contributed by atoms with van der Waals surface area (Å²) in [5, 5.41) is 9.35. The molecule has 1 saturated carbocycles. The fourth-order valence-electron chi connectivity index (χ4n) is 3.81. The number of aliphatic hydroxyl groups is 1. The van der Waals surface area contributed by atoms with Crippen LogP contribution < -0.4 is 4.74 Å². The van der Waals surface area contributed by atoms with Crippen molar-refractivity contribution in [2.45, 2.75) is 50.4 Å². The molecule has 4 rings (SSSR count). The van der Waals surface area contributed by atoms with Crippen LogP contribution in [0, 0.1) is 0 Å². The van der Waals surface area contributed by atoms with Gasteiger partial charge in [-0.3, -0.25) is 0 Å². The second-order valence-corrected chi connectivity index (χ2v) is 6.80. The summed E-state index contributed by atoms with van der Waals surface area (Å²) >= 11 is 0. The van der Waals surface area contributed by atoms with Gasteiger partial charge in [0.2, 0.25) is 0 Å². The van der Waals surface area contributed by atoms with Crippen LogP contribution in [0.25, 0.3) is 0 Å². The molecule has 2 aliphatic rings. The monoisotopic (exact) mass is 324 g/mol. The number of epoxide rings is 1. The van der Waals surface area contributed by atoms with E-state index in [1.165, 1.54) is 36.8 Å². The molecule has 1 aliphatic heterocycles. The maximum Gasteiger partial charge on any atom is 0.129 e. The van der Waals surface area contributed by atoms with E-state index >= 15 is 0 Å². The van der Waals surface area contributed by atoms with Crippen LogP contribution in [0.3, 0.4) is 0 Å². The fourth-order valence-corrected chi connectivity index (χ4v) is 3.81. The third-order valence-electron chi connectivity index (χ3n) is 5.17. The average Bonchev–Trinajstić information content (AvgIpc) is 3.22. The van der Waals surface area contributed by atoms with E-state index < -0.39 is 0 Å². The molecule has 2 unspecified atom stereocenters. The van der Waals surface area contributed by atoms with Crippen molar-refractivity contribution in [1.29, 1.82) is 0 Å². The Bertz CT molecular complexity index is 677. The first kappa shape index (κ1) is 15.7. The predicted octanol–water partition coefficient (Wildman–Crippen LogP) is 4.36. The molecule has 1 saturated heterocycles. The van der Waals surface area contributed by atoms with Gasteiger partial charge < -0.3 is 14.6 Å². The van der Waals surface area contributed by atoms with Crippen molar-refractivity contribution in [3.63, 3.8) is 0 Å². The maximum atomic E-state index is 9.35. The Balaban J connectivity index is 1.62. The zero-order valence-corrected chi connectivity index (χ0v) is 13.9. The van der Waals surface area contributed by atoms with Gasteiger partial charge in [0, 0.05) is 5.56 Å². The lowest BCUT2D eigenvalue weighted by Crippen LogP contribution is -2.05. The van der Waals surface area contributed by atoms with Gasteiger partial charge in [-0.2, -0.15) is 0 Å². The van der Waals surface area contributed by atoms with Crippen LogP contribution in [-0.2, 0) is 11.3 Å². The van der Waals surface area contributed by atoms with Gasteiger partial charge in [-0.15, -0.1) is 0 Å². The van der Waals surface area contributed by atoms with E-state index in [9.17, 15) is 5.11 Å². The summed E-state index contributed by atoms with van der Waals surface area (Å²) in [6.07, 6.45) is 4.96. The number of benzene rings is 2. The molecule has 0 bridgehead atoms. The molecule has 2 fully saturated rings. The highest BCUT2D eigenvalue weighted by Gasteiger charge is 2.42. The lowest BCUT2D eigenvalue weighted by Gasteiger charge is -2.19. The molecule has 2 aromatic carbocycles. The zero-order chi connectivity index (χ0) is 16.4. The van der Waals surface area contributed by atoms with Crippen LogP contribution in [-0.4, -0.2) is 17.8 Å². The summed E-state index contributed by atoms with van der Waals surface area (Å²) in [5.74, 6) is 1.57. The van der Waals surface area contributed by atoms with E-state index in [0.717, 1.165) is 11.3 Å². The van der Waals surface area contributed by atoms with Gasteiger partial charge in [-0.25, -0.2) is 0 Å². The summed E-state index contributed by atoms with van der Waals surface area (Å²) in [6, 6.07) is 16.7. The second-order valence-electron chi connectivity index (χ2n) is 6.80. The van der Waals surface area contributed by atoms with E-state index in [-0.39, 0.29) is 18.8 Å². The lowest BCUT2D eigenvalue weighted by atomic mass is 9.93. The summed E-state index contributed by atoms with van der Waals surface area (Å²) < 4.78 is 11.9. The summed E-state index contributed by atoms with van der Waals surface area (Å²) in [7, 11) is 0. The highest BCUT2D eigenvalue weighted by molar-refractivity contribution is 5.47. The molecule has 3 heteroatoms. The van der Waals surface area contributed by atoms with Gasteiger partial charge in [0.05, 0.1) is 6.61 Å². The molecular weight excluding hydrogens is 300 g/mol. The van der Waals surface area contributed by atoms with Crippen molar-refractivity contribution in [3.8, 4) is 5.75 Å². The van der Waals surface area contributed by atoms with E-state index in [0.29, 0.717) is 12.5 Å². The van der Waals surface area contributed by atoms with Crippen LogP contribution in [0.4, 0.5) is 0 Å². The second kappa shape index (κ2) is 6.96. The molecule has 0 radical (unpaired) electrons. The van der Waals surface area contributed by atoms with Crippen molar-refractivity contribution in [2.24, 2.45) is 0 Å². The first-order chi connectivity index (χ1) is 11.9. The number of aliphatic hydroxyl groups excluding tert-OH is 1. The summed E-state index contributed by atoms with van der Waals surface area (Å²) in [5.41, 5.74) is 3.57. The van der Waals surface area contributed by atoms with Gasteiger partial charge in [-0.1, -0.05) is 61.4 Å². The molecule has 0 aromatic heterocycles. The molecule has 2 aromatic rings. The zero-order valence-electron chi connectivity index (χ0n) is 13.9. The topological polar surface area (TPSA) is 42.0 Å². The van der Waals surface area contributed by atoms with Crippen molar-refractivity contribution in [1.82, 2.24) is 0 Å². The minimum atomic E-state index is -0.0806. The Hall–Kier alpha value is -1.84. The maximum absolute atomic E-state index is 9.35. The summed E-state index contributed by atoms with van der Waals surface area (Å²) in [4.78, 5) is 0. The number of hydrogen-bond acceptors (Lipinski definition) is 3.